The second-order valence-electron chi connectivity index (χ2n) is 6.68. The fourth-order valence-corrected chi connectivity index (χ4v) is 3.19. The molecule has 1 amide bonds. The predicted molar refractivity (Wildman–Crippen MR) is 96.1 cm³/mol. The maximum absolute atomic E-state index is 13.6. The van der Waals surface area contributed by atoms with Crippen LogP contribution in [0.2, 0.25) is 0 Å². The molecule has 1 aliphatic heterocycles. The molecule has 146 valence electrons. The standard InChI is InChI=1S/C19H17F3N4O2/c1-11-4-6-12(7-5-11)23-18(27)14-10-17-24-13(15-3-2-8-28-15)9-16(19(20,21)22)26(17)25-14/h2-8,10,13,16,24H,9H2,1H3,(H,23,27)/t13-,16-/m0/s1. The summed E-state index contributed by atoms with van der Waals surface area (Å²) in [6, 6.07) is 9.09. The molecular weight excluding hydrogens is 373 g/mol. The van der Waals surface area contributed by atoms with Gasteiger partial charge < -0.3 is 15.1 Å². The van der Waals surface area contributed by atoms with Crippen LogP contribution in [0.5, 0.6) is 0 Å². The van der Waals surface area contributed by atoms with Crippen LogP contribution in [0.3, 0.4) is 0 Å². The van der Waals surface area contributed by atoms with E-state index in [1.165, 1.54) is 12.3 Å². The van der Waals surface area contributed by atoms with Crippen LogP contribution in [-0.2, 0) is 0 Å². The monoisotopic (exact) mass is 390 g/mol. The minimum Gasteiger partial charge on any atom is -0.467 e. The van der Waals surface area contributed by atoms with Crippen molar-refractivity contribution in [1.82, 2.24) is 9.78 Å². The first-order chi connectivity index (χ1) is 13.3. The third-order valence-corrected chi connectivity index (χ3v) is 4.62. The Morgan fingerprint density at radius 2 is 2.04 bits per heavy atom. The first-order valence-electron chi connectivity index (χ1n) is 8.65. The molecule has 0 saturated carbocycles. The fraction of sp³-hybridized carbons (Fsp3) is 0.263. The first-order valence-corrected chi connectivity index (χ1v) is 8.65. The third-order valence-electron chi connectivity index (χ3n) is 4.62. The zero-order chi connectivity index (χ0) is 19.9. The van der Waals surface area contributed by atoms with Gasteiger partial charge in [-0.25, -0.2) is 4.68 Å². The first kappa shape index (κ1) is 18.1. The highest BCUT2D eigenvalue weighted by Crippen LogP contribution is 2.43. The second kappa shape index (κ2) is 6.74. The Bertz CT molecular complexity index is 978. The van der Waals surface area contributed by atoms with Crippen molar-refractivity contribution in [2.45, 2.75) is 31.6 Å². The van der Waals surface area contributed by atoms with Crippen LogP contribution in [0.1, 0.15) is 40.3 Å². The molecule has 1 aliphatic rings. The van der Waals surface area contributed by atoms with Crippen molar-refractivity contribution >= 4 is 17.4 Å². The summed E-state index contributed by atoms with van der Waals surface area (Å²) in [5.74, 6) is -0.0700. The molecule has 0 saturated heterocycles. The van der Waals surface area contributed by atoms with Crippen molar-refractivity contribution in [2.24, 2.45) is 0 Å². The van der Waals surface area contributed by atoms with Gasteiger partial charge in [0, 0.05) is 18.2 Å². The van der Waals surface area contributed by atoms with Gasteiger partial charge in [0.15, 0.2) is 11.7 Å². The van der Waals surface area contributed by atoms with Crippen molar-refractivity contribution in [3.63, 3.8) is 0 Å². The van der Waals surface area contributed by atoms with E-state index >= 15 is 0 Å². The number of carbonyl (C=O) groups excluding carboxylic acids is 1. The van der Waals surface area contributed by atoms with E-state index < -0.39 is 24.2 Å². The van der Waals surface area contributed by atoms with Gasteiger partial charge in [-0.2, -0.15) is 18.3 Å². The van der Waals surface area contributed by atoms with E-state index in [2.05, 4.69) is 15.7 Å². The molecule has 1 aromatic carbocycles. The van der Waals surface area contributed by atoms with E-state index in [1.807, 2.05) is 19.1 Å². The van der Waals surface area contributed by atoms with Crippen LogP contribution in [0.15, 0.2) is 53.1 Å². The van der Waals surface area contributed by atoms with Crippen LogP contribution in [0.25, 0.3) is 0 Å². The summed E-state index contributed by atoms with van der Waals surface area (Å²) in [6.45, 7) is 1.91. The number of benzene rings is 1. The van der Waals surface area contributed by atoms with Gasteiger partial charge in [0.25, 0.3) is 5.91 Å². The number of alkyl halides is 3. The highest BCUT2D eigenvalue weighted by molar-refractivity contribution is 6.03. The van der Waals surface area contributed by atoms with Crippen LogP contribution in [0.4, 0.5) is 24.7 Å². The Kier molecular flexibility index (Phi) is 4.37. The average molecular weight is 390 g/mol. The highest BCUT2D eigenvalue weighted by Gasteiger charge is 2.47. The molecule has 28 heavy (non-hydrogen) atoms. The smallest absolute Gasteiger partial charge is 0.410 e. The molecular formula is C19H17F3N4O2. The van der Waals surface area contributed by atoms with Gasteiger partial charge in [-0.05, 0) is 31.2 Å². The number of rotatable bonds is 3. The molecule has 0 aliphatic carbocycles. The Hall–Kier alpha value is -3.23. The number of nitrogens with one attached hydrogen (secondary N) is 2. The summed E-state index contributed by atoms with van der Waals surface area (Å²) in [4.78, 5) is 12.5. The lowest BCUT2D eigenvalue weighted by atomic mass is 10.0. The van der Waals surface area contributed by atoms with Crippen molar-refractivity contribution < 1.29 is 22.4 Å². The van der Waals surface area contributed by atoms with Crippen LogP contribution in [0, 0.1) is 6.92 Å². The third kappa shape index (κ3) is 3.47. The van der Waals surface area contributed by atoms with Crippen molar-refractivity contribution in [3.8, 4) is 0 Å². The fourth-order valence-electron chi connectivity index (χ4n) is 3.19. The number of anilines is 2. The van der Waals surface area contributed by atoms with Gasteiger partial charge >= 0.3 is 6.18 Å². The summed E-state index contributed by atoms with van der Waals surface area (Å²) in [7, 11) is 0. The van der Waals surface area contributed by atoms with Crippen molar-refractivity contribution in [3.05, 3.63) is 65.7 Å². The van der Waals surface area contributed by atoms with E-state index in [0.717, 1.165) is 10.2 Å². The predicted octanol–water partition coefficient (Wildman–Crippen LogP) is 4.70. The molecule has 2 atom stereocenters. The number of halogens is 3. The lowest BCUT2D eigenvalue weighted by Crippen LogP contribution is -2.35. The summed E-state index contributed by atoms with van der Waals surface area (Å²) in [5.41, 5.74) is 1.46. The minimum absolute atomic E-state index is 0.0996. The molecule has 3 aromatic rings. The van der Waals surface area contributed by atoms with E-state index in [4.69, 9.17) is 4.42 Å². The summed E-state index contributed by atoms with van der Waals surface area (Å²) in [6.07, 6.45) is -3.39. The van der Waals surface area contributed by atoms with Gasteiger partial charge in [0.1, 0.15) is 11.6 Å². The van der Waals surface area contributed by atoms with Crippen LogP contribution >= 0.6 is 0 Å². The maximum atomic E-state index is 13.6. The summed E-state index contributed by atoms with van der Waals surface area (Å²) in [5, 5.41) is 9.54. The SMILES string of the molecule is Cc1ccc(NC(=O)c2cc3n(n2)[C@H](C(F)(F)F)C[C@@H](c2ccco2)N3)cc1. The van der Waals surface area contributed by atoms with Crippen LogP contribution in [-0.4, -0.2) is 21.9 Å². The van der Waals surface area contributed by atoms with E-state index in [9.17, 15) is 18.0 Å². The second-order valence-corrected chi connectivity index (χ2v) is 6.68. The Morgan fingerprint density at radius 1 is 1.29 bits per heavy atom. The molecule has 0 spiro atoms. The molecule has 2 aromatic heterocycles. The Balaban J connectivity index is 1.63. The number of aromatic nitrogens is 2. The summed E-state index contributed by atoms with van der Waals surface area (Å²) >= 11 is 0. The zero-order valence-electron chi connectivity index (χ0n) is 14.8. The van der Waals surface area contributed by atoms with Gasteiger partial charge in [-0.15, -0.1) is 0 Å². The molecule has 9 heteroatoms. The highest BCUT2D eigenvalue weighted by atomic mass is 19.4. The molecule has 6 nitrogen and oxygen atoms in total. The van der Waals surface area contributed by atoms with Gasteiger partial charge in [-0.1, -0.05) is 17.7 Å². The number of carbonyl (C=O) groups is 1. The van der Waals surface area contributed by atoms with Crippen molar-refractivity contribution in [1.29, 1.82) is 0 Å². The molecule has 3 heterocycles. The Labute approximate surface area is 158 Å². The van der Waals surface area contributed by atoms with Gasteiger partial charge in [-0.3, -0.25) is 4.79 Å². The molecule has 0 radical (unpaired) electrons. The normalized spacial score (nSPS) is 19.0. The number of nitrogens with zero attached hydrogens (tertiary/aromatic N) is 2. The molecule has 4 rings (SSSR count). The van der Waals surface area contributed by atoms with Gasteiger partial charge in [0.05, 0.1) is 12.3 Å². The zero-order valence-corrected chi connectivity index (χ0v) is 14.8. The molecule has 0 fully saturated rings. The number of hydrogen-bond donors (Lipinski definition) is 2. The minimum atomic E-state index is -4.52. The average Bonchev–Trinajstić information content (AvgIpc) is 3.31. The van der Waals surface area contributed by atoms with Crippen LogP contribution < -0.4 is 10.6 Å². The van der Waals surface area contributed by atoms with Crippen molar-refractivity contribution in [2.75, 3.05) is 10.6 Å². The summed E-state index contributed by atoms with van der Waals surface area (Å²) < 4.78 is 46.9. The number of fused-ring (bicyclic) bond motifs is 1. The topological polar surface area (TPSA) is 72.1 Å². The quantitative estimate of drug-likeness (QED) is 0.680. The van der Waals surface area contributed by atoms with E-state index in [-0.39, 0.29) is 17.9 Å². The lowest BCUT2D eigenvalue weighted by Gasteiger charge is -2.32. The number of furan rings is 1. The molecule has 0 bridgehead atoms. The Morgan fingerprint density at radius 3 is 2.68 bits per heavy atom. The number of aryl methyl sites for hydroxylation is 1. The maximum Gasteiger partial charge on any atom is 0.410 e. The largest absolute Gasteiger partial charge is 0.467 e. The van der Waals surface area contributed by atoms with E-state index in [1.54, 1.807) is 24.3 Å². The molecule has 0 unspecified atom stereocenters. The number of hydrogen-bond acceptors (Lipinski definition) is 4. The molecule has 2 N–H and O–H groups in total. The number of amides is 1. The van der Waals surface area contributed by atoms with Gasteiger partial charge in [0.2, 0.25) is 0 Å². The lowest BCUT2D eigenvalue weighted by molar-refractivity contribution is -0.174. The van der Waals surface area contributed by atoms with E-state index in [0.29, 0.717) is 11.4 Å².